The molecular formula is C21H35N7O2. The highest BCUT2D eigenvalue weighted by Gasteiger charge is 2.28. The molecule has 2 fully saturated rings. The fourth-order valence-corrected chi connectivity index (χ4v) is 3.86. The first-order chi connectivity index (χ1) is 14.4. The molecule has 0 spiro atoms. The third-order valence-electron chi connectivity index (χ3n) is 5.35. The summed E-state index contributed by atoms with van der Waals surface area (Å²) in [4.78, 5) is 31.8. The molecule has 3 heterocycles. The van der Waals surface area contributed by atoms with Crippen LogP contribution < -0.4 is 10.2 Å². The van der Waals surface area contributed by atoms with Gasteiger partial charge in [0.1, 0.15) is 5.60 Å². The number of hydrogen-bond acceptors (Lipinski definition) is 6. The summed E-state index contributed by atoms with van der Waals surface area (Å²) in [7, 11) is 1.82. The molecule has 0 aliphatic carbocycles. The maximum absolute atomic E-state index is 12.4. The van der Waals surface area contributed by atoms with Gasteiger partial charge in [0.05, 0.1) is 0 Å². The number of ether oxygens (including phenoxy) is 1. The van der Waals surface area contributed by atoms with Gasteiger partial charge in [0.2, 0.25) is 5.95 Å². The van der Waals surface area contributed by atoms with E-state index < -0.39 is 5.60 Å². The van der Waals surface area contributed by atoms with Gasteiger partial charge in [0, 0.05) is 65.3 Å². The lowest BCUT2D eigenvalue weighted by Gasteiger charge is -2.37. The summed E-state index contributed by atoms with van der Waals surface area (Å²) >= 11 is 0. The summed E-state index contributed by atoms with van der Waals surface area (Å²) < 4.78 is 5.53. The molecule has 2 aliphatic rings. The second-order valence-corrected chi connectivity index (χ2v) is 8.89. The molecule has 3 rings (SSSR count). The fourth-order valence-electron chi connectivity index (χ4n) is 3.86. The first kappa shape index (κ1) is 22.1. The zero-order valence-corrected chi connectivity index (χ0v) is 18.7. The second kappa shape index (κ2) is 9.95. The number of aliphatic imine (C=N–C) groups is 1. The number of amides is 1. The number of piperidine rings is 1. The molecule has 2 saturated heterocycles. The highest BCUT2D eigenvalue weighted by atomic mass is 16.6. The maximum atomic E-state index is 12.4. The van der Waals surface area contributed by atoms with E-state index in [0.717, 1.165) is 70.6 Å². The minimum absolute atomic E-state index is 0.212. The monoisotopic (exact) mass is 417 g/mol. The van der Waals surface area contributed by atoms with Gasteiger partial charge in [-0.15, -0.1) is 0 Å². The zero-order chi connectivity index (χ0) is 21.6. The average molecular weight is 418 g/mol. The second-order valence-electron chi connectivity index (χ2n) is 8.89. The number of piperazine rings is 1. The molecule has 9 nitrogen and oxygen atoms in total. The summed E-state index contributed by atoms with van der Waals surface area (Å²) in [5.74, 6) is 2.09. The normalized spacial score (nSPS) is 20.9. The third-order valence-corrected chi connectivity index (χ3v) is 5.35. The Kier molecular flexibility index (Phi) is 7.33. The van der Waals surface area contributed by atoms with E-state index in [1.165, 1.54) is 0 Å². The topological polar surface area (TPSA) is 86.2 Å². The molecule has 166 valence electrons. The predicted octanol–water partition coefficient (Wildman–Crippen LogP) is 1.82. The average Bonchev–Trinajstić information content (AvgIpc) is 2.74. The summed E-state index contributed by atoms with van der Waals surface area (Å²) in [6.07, 6.45) is 5.44. The van der Waals surface area contributed by atoms with Gasteiger partial charge in [-0.2, -0.15) is 0 Å². The molecule has 1 aromatic heterocycles. The number of anilines is 1. The van der Waals surface area contributed by atoms with Crippen LogP contribution in [0.2, 0.25) is 0 Å². The largest absolute Gasteiger partial charge is 0.444 e. The Hall–Kier alpha value is -2.58. The number of nitrogens with zero attached hydrogens (tertiary/aromatic N) is 6. The van der Waals surface area contributed by atoms with Crippen molar-refractivity contribution in [1.82, 2.24) is 25.1 Å². The molecule has 9 heteroatoms. The molecule has 30 heavy (non-hydrogen) atoms. The number of nitrogens with one attached hydrogen (secondary N) is 1. The number of carbonyl (C=O) groups is 1. The predicted molar refractivity (Wildman–Crippen MR) is 118 cm³/mol. The SMILES string of the molecule is CN=C(NCC1CCCN(C(=O)OC(C)(C)C)C1)N1CCN(c2ncccn2)CC1. The van der Waals surface area contributed by atoms with E-state index in [1.54, 1.807) is 12.4 Å². The Morgan fingerprint density at radius 1 is 1.17 bits per heavy atom. The quantitative estimate of drug-likeness (QED) is 0.593. The van der Waals surface area contributed by atoms with E-state index in [0.29, 0.717) is 5.92 Å². The summed E-state index contributed by atoms with van der Waals surface area (Å²) in [6, 6.07) is 1.83. The lowest BCUT2D eigenvalue weighted by molar-refractivity contribution is 0.0168. The van der Waals surface area contributed by atoms with E-state index in [1.807, 2.05) is 38.8 Å². The van der Waals surface area contributed by atoms with Crippen LogP contribution in [0.4, 0.5) is 10.7 Å². The van der Waals surface area contributed by atoms with Crippen molar-refractivity contribution in [3.05, 3.63) is 18.5 Å². The number of carbonyl (C=O) groups excluding carboxylic acids is 1. The Morgan fingerprint density at radius 3 is 2.50 bits per heavy atom. The molecular weight excluding hydrogens is 382 g/mol. The molecule has 1 N–H and O–H groups in total. The van der Waals surface area contributed by atoms with E-state index in [2.05, 4.69) is 30.1 Å². The zero-order valence-electron chi connectivity index (χ0n) is 18.7. The molecule has 0 radical (unpaired) electrons. The van der Waals surface area contributed by atoms with Crippen LogP contribution in [0.5, 0.6) is 0 Å². The van der Waals surface area contributed by atoms with Crippen LogP contribution in [0.3, 0.4) is 0 Å². The highest BCUT2D eigenvalue weighted by molar-refractivity contribution is 5.80. The fraction of sp³-hybridized carbons (Fsp3) is 0.714. The van der Waals surface area contributed by atoms with Crippen LogP contribution in [0.15, 0.2) is 23.5 Å². The molecule has 1 amide bonds. The first-order valence-electron chi connectivity index (χ1n) is 10.8. The van der Waals surface area contributed by atoms with Gasteiger partial charge in [-0.1, -0.05) is 0 Å². The van der Waals surface area contributed by atoms with E-state index in [9.17, 15) is 4.79 Å². The van der Waals surface area contributed by atoms with Gasteiger partial charge in [-0.3, -0.25) is 4.99 Å². The third kappa shape index (κ3) is 6.21. The number of guanidine groups is 1. The van der Waals surface area contributed by atoms with Gasteiger partial charge < -0.3 is 24.8 Å². The van der Waals surface area contributed by atoms with Crippen molar-refractivity contribution < 1.29 is 9.53 Å². The van der Waals surface area contributed by atoms with Crippen molar-refractivity contribution in [3.8, 4) is 0 Å². The van der Waals surface area contributed by atoms with E-state index >= 15 is 0 Å². The van der Waals surface area contributed by atoms with Gasteiger partial charge >= 0.3 is 6.09 Å². The first-order valence-corrected chi connectivity index (χ1v) is 10.8. The van der Waals surface area contributed by atoms with Gasteiger partial charge in [-0.05, 0) is 45.6 Å². The van der Waals surface area contributed by atoms with Crippen LogP contribution in [-0.2, 0) is 4.74 Å². The molecule has 1 atom stereocenters. The minimum atomic E-state index is -0.461. The van der Waals surface area contributed by atoms with Crippen LogP contribution >= 0.6 is 0 Å². The van der Waals surface area contributed by atoms with E-state index in [4.69, 9.17) is 4.74 Å². The molecule has 1 unspecified atom stereocenters. The Labute approximate surface area is 179 Å². The van der Waals surface area contributed by atoms with Crippen molar-refractivity contribution in [2.45, 2.75) is 39.2 Å². The van der Waals surface area contributed by atoms with Crippen molar-refractivity contribution >= 4 is 18.0 Å². The van der Waals surface area contributed by atoms with Crippen molar-refractivity contribution in [1.29, 1.82) is 0 Å². The number of aromatic nitrogens is 2. The van der Waals surface area contributed by atoms with Crippen molar-refractivity contribution in [2.24, 2.45) is 10.9 Å². The molecule has 0 saturated carbocycles. The summed E-state index contributed by atoms with van der Waals surface area (Å²) in [5.41, 5.74) is -0.461. The number of rotatable bonds is 3. The number of likely N-dealkylation sites (tertiary alicyclic amines) is 1. The minimum Gasteiger partial charge on any atom is -0.444 e. The van der Waals surface area contributed by atoms with Crippen molar-refractivity contribution in [2.75, 3.05) is 57.8 Å². The molecule has 0 bridgehead atoms. The molecule has 0 aromatic carbocycles. The molecule has 1 aromatic rings. The summed E-state index contributed by atoms with van der Waals surface area (Å²) in [5, 5.41) is 3.52. The number of hydrogen-bond donors (Lipinski definition) is 1. The van der Waals surface area contributed by atoms with Crippen LogP contribution in [-0.4, -0.2) is 90.3 Å². The molecule has 2 aliphatic heterocycles. The highest BCUT2D eigenvalue weighted by Crippen LogP contribution is 2.19. The van der Waals surface area contributed by atoms with Crippen molar-refractivity contribution in [3.63, 3.8) is 0 Å². The lowest BCUT2D eigenvalue weighted by Crippen LogP contribution is -2.54. The Morgan fingerprint density at radius 2 is 1.87 bits per heavy atom. The maximum Gasteiger partial charge on any atom is 0.410 e. The van der Waals surface area contributed by atoms with Crippen LogP contribution in [0, 0.1) is 5.92 Å². The van der Waals surface area contributed by atoms with Crippen LogP contribution in [0.1, 0.15) is 33.6 Å². The van der Waals surface area contributed by atoms with Crippen LogP contribution in [0.25, 0.3) is 0 Å². The van der Waals surface area contributed by atoms with Gasteiger partial charge in [-0.25, -0.2) is 14.8 Å². The standard InChI is InChI=1S/C21H35N7O2/c1-21(2,3)30-20(29)28-10-5-7-17(16-28)15-25-18(22-4)26-11-13-27(14-12-26)19-23-8-6-9-24-19/h6,8-9,17H,5,7,10-16H2,1-4H3,(H,22,25). The smallest absolute Gasteiger partial charge is 0.410 e. The Bertz CT molecular complexity index is 712. The summed E-state index contributed by atoms with van der Waals surface area (Å²) in [6.45, 7) is 11.5. The van der Waals surface area contributed by atoms with E-state index in [-0.39, 0.29) is 6.09 Å². The van der Waals surface area contributed by atoms with Gasteiger partial charge in [0.25, 0.3) is 0 Å². The van der Waals surface area contributed by atoms with Gasteiger partial charge in [0.15, 0.2) is 5.96 Å². The lowest BCUT2D eigenvalue weighted by atomic mass is 9.98. The Balaban J connectivity index is 1.46.